The van der Waals surface area contributed by atoms with E-state index < -0.39 is 0 Å². The van der Waals surface area contributed by atoms with Crippen LogP contribution in [-0.4, -0.2) is 0 Å². The fourth-order valence-corrected chi connectivity index (χ4v) is 0.856. The van der Waals surface area contributed by atoms with Gasteiger partial charge in [0, 0.05) is 0 Å². The second-order valence-electron chi connectivity index (χ2n) is 2.10. The Kier molecular flexibility index (Phi) is 23.5. The fraction of sp³-hybridized carbons (Fsp3) is 0.500. The number of hydrogen-bond acceptors (Lipinski definition) is 0. The van der Waals surface area contributed by atoms with Gasteiger partial charge in [-0.3, -0.25) is 0 Å². The molecule has 60 valence electrons. The summed E-state index contributed by atoms with van der Waals surface area (Å²) in [6.45, 7) is 0. The Hall–Kier alpha value is 1.53. The minimum atomic E-state index is 0. The van der Waals surface area contributed by atoms with Crippen molar-refractivity contribution in [3.63, 3.8) is 0 Å². The van der Waals surface area contributed by atoms with Gasteiger partial charge >= 0.3 is 45.0 Å². The normalized spacial score (nSPS) is 14.5. The second-order valence-corrected chi connectivity index (χ2v) is 2.10. The third-order valence-corrected chi connectivity index (χ3v) is 1.33. The van der Waals surface area contributed by atoms with E-state index in [9.17, 15) is 0 Å². The molecular formula is C8H12Cl2Ra. The summed E-state index contributed by atoms with van der Waals surface area (Å²) in [5.41, 5.74) is 0. The largest absolute Gasteiger partial charge is 2.00 e. The van der Waals surface area contributed by atoms with Gasteiger partial charge in [0.15, 0.2) is 0 Å². The molecule has 0 aliphatic heterocycles. The molecule has 0 spiro atoms. The summed E-state index contributed by atoms with van der Waals surface area (Å²) >= 11 is 0. The minimum Gasteiger partial charge on any atom is -1.00 e. The van der Waals surface area contributed by atoms with Crippen molar-refractivity contribution in [2.75, 3.05) is 0 Å². The standard InChI is InChI=1S/C8H12.2ClH.Ra/c1-2-4-6-8-7-5-3-1;;;/h1-2,7-8H,3-6H2;2*1H;/q;;;+2/p-2. The Labute approximate surface area is 118 Å². The molecule has 0 amide bonds. The number of hydrogen-bond donors (Lipinski definition) is 0. The van der Waals surface area contributed by atoms with Gasteiger partial charge in [0.1, 0.15) is 0 Å². The van der Waals surface area contributed by atoms with Crippen LogP contribution in [0, 0.1) is 45.0 Å². The molecular weight excluding hydrogens is 393 g/mol. The molecule has 0 saturated heterocycles. The maximum absolute atomic E-state index is 2.27. The van der Waals surface area contributed by atoms with E-state index in [1.165, 1.54) is 25.7 Å². The summed E-state index contributed by atoms with van der Waals surface area (Å²) in [6.07, 6.45) is 14.0. The average molecular weight is 405 g/mol. The predicted molar refractivity (Wildman–Crippen MR) is 36.7 cm³/mol. The first kappa shape index (κ1) is 18.3. The van der Waals surface area contributed by atoms with Crippen molar-refractivity contribution in [3.8, 4) is 0 Å². The van der Waals surface area contributed by atoms with Gasteiger partial charge in [0.25, 0.3) is 0 Å². The Balaban J connectivity index is -0.000000213. The van der Waals surface area contributed by atoms with Crippen molar-refractivity contribution >= 4 is 0 Å². The summed E-state index contributed by atoms with van der Waals surface area (Å²) in [4.78, 5) is 0. The van der Waals surface area contributed by atoms with Crippen LogP contribution < -0.4 is 24.8 Å². The van der Waals surface area contributed by atoms with Crippen LogP contribution in [0.15, 0.2) is 24.3 Å². The van der Waals surface area contributed by atoms with Gasteiger partial charge in [-0.25, -0.2) is 0 Å². The zero-order valence-corrected chi connectivity index (χ0v) is 13.9. The SMILES string of the molecule is C1=CCCC=CCC1.[Cl-].[Cl-].[Ra+2]. The fourth-order valence-electron chi connectivity index (χ4n) is 0.856. The molecule has 0 radical (unpaired) electrons. The van der Waals surface area contributed by atoms with Crippen LogP contribution in [0.4, 0.5) is 0 Å². The smallest absolute Gasteiger partial charge is 1.00 e. The summed E-state index contributed by atoms with van der Waals surface area (Å²) in [7, 11) is 0. The molecule has 0 aromatic rings. The second kappa shape index (κ2) is 14.1. The van der Waals surface area contributed by atoms with Crippen LogP contribution in [0.3, 0.4) is 0 Å². The number of halogens is 2. The van der Waals surface area contributed by atoms with Crippen LogP contribution in [0.5, 0.6) is 0 Å². The molecule has 1 rings (SSSR count). The third kappa shape index (κ3) is 11.5. The van der Waals surface area contributed by atoms with E-state index >= 15 is 0 Å². The maximum Gasteiger partial charge on any atom is 2.00 e. The molecule has 0 unspecified atom stereocenters. The first-order chi connectivity index (χ1) is 4.00. The molecule has 0 N–H and O–H groups in total. The number of rotatable bonds is 0. The van der Waals surface area contributed by atoms with Crippen molar-refractivity contribution < 1.29 is 69.8 Å². The molecule has 1 aliphatic carbocycles. The van der Waals surface area contributed by atoms with Crippen LogP contribution in [-0.2, 0) is 0 Å². The Morgan fingerprint density at radius 1 is 0.545 bits per heavy atom. The Morgan fingerprint density at radius 3 is 0.909 bits per heavy atom. The minimum absolute atomic E-state index is 0. The van der Waals surface area contributed by atoms with Crippen molar-refractivity contribution in [2.45, 2.75) is 25.7 Å². The van der Waals surface area contributed by atoms with Gasteiger partial charge in [-0.05, 0) is 25.7 Å². The summed E-state index contributed by atoms with van der Waals surface area (Å²) < 4.78 is 0. The van der Waals surface area contributed by atoms with Crippen molar-refractivity contribution in [1.82, 2.24) is 0 Å². The third-order valence-electron chi connectivity index (χ3n) is 1.33. The summed E-state index contributed by atoms with van der Waals surface area (Å²) in [6, 6.07) is 0. The van der Waals surface area contributed by atoms with Gasteiger partial charge in [-0.15, -0.1) is 0 Å². The van der Waals surface area contributed by atoms with E-state index in [0.29, 0.717) is 0 Å². The van der Waals surface area contributed by atoms with E-state index in [1.54, 1.807) is 0 Å². The summed E-state index contributed by atoms with van der Waals surface area (Å²) in [5, 5.41) is 0. The quantitative estimate of drug-likeness (QED) is 0.371. The summed E-state index contributed by atoms with van der Waals surface area (Å²) in [5.74, 6) is 0. The van der Waals surface area contributed by atoms with Gasteiger partial charge in [-0.1, -0.05) is 24.3 Å². The monoisotopic (exact) mass is 404 g/mol. The molecule has 3 heteroatoms. The zero-order chi connectivity index (χ0) is 5.66. The average Bonchev–Trinajstić information content (AvgIpc) is 1.62. The van der Waals surface area contributed by atoms with E-state index in [1.807, 2.05) is 0 Å². The Morgan fingerprint density at radius 2 is 0.727 bits per heavy atom. The molecule has 0 saturated carbocycles. The molecule has 11 heavy (non-hydrogen) atoms. The van der Waals surface area contributed by atoms with Gasteiger partial charge in [-0.2, -0.15) is 0 Å². The van der Waals surface area contributed by atoms with Crippen LogP contribution >= 0.6 is 0 Å². The molecule has 0 nitrogen and oxygen atoms in total. The van der Waals surface area contributed by atoms with Crippen molar-refractivity contribution in [3.05, 3.63) is 24.3 Å². The molecule has 0 fully saturated rings. The van der Waals surface area contributed by atoms with Crippen LogP contribution in [0.1, 0.15) is 25.7 Å². The maximum atomic E-state index is 2.27. The predicted octanol–water partition coefficient (Wildman–Crippen LogP) is -3.32. The first-order valence-corrected chi connectivity index (χ1v) is 3.30. The van der Waals surface area contributed by atoms with Gasteiger partial charge in [0.2, 0.25) is 0 Å². The zero-order valence-electron chi connectivity index (χ0n) is 6.60. The van der Waals surface area contributed by atoms with Gasteiger partial charge < -0.3 is 24.8 Å². The van der Waals surface area contributed by atoms with Crippen LogP contribution in [0.25, 0.3) is 0 Å². The van der Waals surface area contributed by atoms with Gasteiger partial charge in [0.05, 0.1) is 0 Å². The van der Waals surface area contributed by atoms with E-state index in [0.717, 1.165) is 0 Å². The van der Waals surface area contributed by atoms with E-state index in [-0.39, 0.29) is 69.8 Å². The van der Waals surface area contributed by atoms with E-state index in [2.05, 4.69) is 24.3 Å². The van der Waals surface area contributed by atoms with E-state index in [4.69, 9.17) is 0 Å². The molecule has 0 heterocycles. The van der Waals surface area contributed by atoms with Crippen LogP contribution in [0.2, 0.25) is 0 Å². The molecule has 0 aromatic heterocycles. The topological polar surface area (TPSA) is 0 Å². The molecule has 1 aliphatic rings. The van der Waals surface area contributed by atoms with Crippen molar-refractivity contribution in [1.29, 1.82) is 0 Å². The molecule has 0 bridgehead atoms. The van der Waals surface area contributed by atoms with Crippen molar-refractivity contribution in [2.24, 2.45) is 0 Å². The first-order valence-electron chi connectivity index (χ1n) is 3.30. The number of allylic oxidation sites excluding steroid dienone is 4. The molecule has 0 aromatic carbocycles. The Bertz CT molecular complexity index is 84.7. The molecule has 0 atom stereocenters.